The molecular weight excluding hydrogens is 308 g/mol. The molecule has 2 aromatic rings. The smallest absolute Gasteiger partial charge is 0.320 e. The Morgan fingerprint density at radius 1 is 1.04 bits per heavy atom. The second kappa shape index (κ2) is 6.08. The molecule has 24 heavy (non-hydrogen) atoms. The van der Waals surface area contributed by atoms with Crippen LogP contribution in [0.25, 0.3) is 5.70 Å². The summed E-state index contributed by atoms with van der Waals surface area (Å²) < 4.78 is 0. The van der Waals surface area contributed by atoms with Crippen molar-refractivity contribution >= 4 is 17.5 Å². The molecule has 1 aliphatic heterocycles. The largest absolute Gasteiger partial charge is 0.504 e. The number of phenolic OH excluding ortho intramolecular Hbond substituents is 2. The number of rotatable bonds is 3. The zero-order valence-electron chi connectivity index (χ0n) is 12.9. The third-order valence-electron chi connectivity index (χ3n) is 3.85. The van der Waals surface area contributed by atoms with E-state index in [1.807, 2.05) is 18.2 Å². The van der Waals surface area contributed by atoms with Gasteiger partial charge in [-0.3, -0.25) is 4.79 Å². The van der Waals surface area contributed by atoms with Crippen LogP contribution in [0.1, 0.15) is 24.1 Å². The Labute approximate surface area is 138 Å². The predicted octanol–water partition coefficient (Wildman–Crippen LogP) is 2.45. The van der Waals surface area contributed by atoms with Crippen LogP contribution in [-0.4, -0.2) is 22.0 Å². The molecule has 0 fully saturated rings. The summed E-state index contributed by atoms with van der Waals surface area (Å²) in [4.78, 5) is 24.3. The van der Waals surface area contributed by atoms with Crippen LogP contribution in [0, 0.1) is 0 Å². The highest BCUT2D eigenvalue weighted by Crippen LogP contribution is 2.35. The quantitative estimate of drug-likeness (QED) is 0.652. The van der Waals surface area contributed by atoms with Gasteiger partial charge in [0.25, 0.3) is 0 Å². The molecule has 6 heteroatoms. The number of hydrogen-bond acceptors (Lipinski definition) is 4. The Hall–Kier alpha value is -3.28. The van der Waals surface area contributed by atoms with E-state index in [0.29, 0.717) is 22.4 Å². The van der Waals surface area contributed by atoms with Crippen LogP contribution in [0.4, 0.5) is 4.79 Å². The van der Waals surface area contributed by atoms with Gasteiger partial charge in [-0.15, -0.1) is 0 Å². The second-order valence-corrected chi connectivity index (χ2v) is 5.49. The van der Waals surface area contributed by atoms with Gasteiger partial charge in [0, 0.05) is 5.57 Å². The lowest BCUT2D eigenvalue weighted by Gasteiger charge is -2.29. The summed E-state index contributed by atoms with van der Waals surface area (Å²) in [6.45, 7) is 1.42. The maximum absolute atomic E-state index is 12.3. The summed E-state index contributed by atoms with van der Waals surface area (Å²) in [6.07, 6.45) is 0. The van der Waals surface area contributed by atoms with E-state index >= 15 is 0 Å². The topological polar surface area (TPSA) is 98.7 Å². The fourth-order valence-corrected chi connectivity index (χ4v) is 2.75. The van der Waals surface area contributed by atoms with Gasteiger partial charge in [0.05, 0.1) is 11.7 Å². The number of phenols is 2. The first-order valence-corrected chi connectivity index (χ1v) is 7.37. The normalized spacial score (nSPS) is 17.2. The summed E-state index contributed by atoms with van der Waals surface area (Å²) in [5.74, 6) is -0.793. The molecule has 1 atom stereocenters. The minimum atomic E-state index is -0.724. The van der Waals surface area contributed by atoms with E-state index in [4.69, 9.17) is 0 Å². The standard InChI is InChI=1S/C18H16N2O4/c1-10(21)15-16(11-5-3-2-4-6-11)19-18(24)20-17(15)12-7-8-13(22)14(23)9-12/h2-9,17,22-23H,1H3,(H2,19,20,24)/t17-/m0/s1. The molecule has 2 amide bonds. The molecule has 6 nitrogen and oxygen atoms in total. The minimum absolute atomic E-state index is 0.209. The van der Waals surface area contributed by atoms with Gasteiger partial charge < -0.3 is 20.8 Å². The van der Waals surface area contributed by atoms with Crippen molar-refractivity contribution in [2.45, 2.75) is 13.0 Å². The van der Waals surface area contributed by atoms with Crippen LogP contribution in [0.5, 0.6) is 11.5 Å². The van der Waals surface area contributed by atoms with Gasteiger partial charge in [-0.05, 0) is 30.2 Å². The third kappa shape index (κ3) is 2.81. The first-order chi connectivity index (χ1) is 11.5. The number of benzene rings is 2. The molecule has 1 heterocycles. The van der Waals surface area contributed by atoms with E-state index in [2.05, 4.69) is 10.6 Å². The highest BCUT2D eigenvalue weighted by Gasteiger charge is 2.31. The fourth-order valence-electron chi connectivity index (χ4n) is 2.75. The molecular formula is C18H16N2O4. The van der Waals surface area contributed by atoms with Crippen molar-refractivity contribution < 1.29 is 19.8 Å². The average molecular weight is 324 g/mol. The van der Waals surface area contributed by atoms with Crippen molar-refractivity contribution in [3.63, 3.8) is 0 Å². The van der Waals surface area contributed by atoms with E-state index in [9.17, 15) is 19.8 Å². The zero-order valence-corrected chi connectivity index (χ0v) is 12.9. The van der Waals surface area contributed by atoms with Gasteiger partial charge in [-0.2, -0.15) is 0 Å². The molecule has 0 radical (unpaired) electrons. The Kier molecular flexibility index (Phi) is 3.95. The molecule has 0 aromatic heterocycles. The fraction of sp³-hybridized carbons (Fsp3) is 0.111. The molecule has 3 rings (SSSR count). The van der Waals surface area contributed by atoms with E-state index < -0.39 is 12.1 Å². The van der Waals surface area contributed by atoms with E-state index in [-0.39, 0.29) is 17.3 Å². The van der Waals surface area contributed by atoms with Crippen LogP contribution in [0.3, 0.4) is 0 Å². The summed E-state index contributed by atoms with van der Waals surface area (Å²) in [5.41, 5.74) is 2.03. The number of Topliss-reactive ketones (excluding diaryl/α,β-unsaturated/α-hetero) is 1. The van der Waals surface area contributed by atoms with Crippen LogP contribution in [0.2, 0.25) is 0 Å². The Morgan fingerprint density at radius 3 is 2.38 bits per heavy atom. The molecule has 122 valence electrons. The van der Waals surface area contributed by atoms with Gasteiger partial charge in [0.15, 0.2) is 17.3 Å². The maximum Gasteiger partial charge on any atom is 0.320 e. The number of hydrogen-bond donors (Lipinski definition) is 4. The number of amides is 2. The number of ketones is 1. The average Bonchev–Trinajstić information content (AvgIpc) is 2.57. The van der Waals surface area contributed by atoms with Crippen LogP contribution < -0.4 is 10.6 Å². The Bertz CT molecular complexity index is 843. The van der Waals surface area contributed by atoms with Crippen molar-refractivity contribution in [3.8, 4) is 11.5 Å². The molecule has 0 unspecified atom stereocenters. The lowest BCUT2D eigenvalue weighted by atomic mass is 9.90. The lowest BCUT2D eigenvalue weighted by molar-refractivity contribution is -0.113. The summed E-state index contributed by atoms with van der Waals surface area (Å²) in [7, 11) is 0. The highest BCUT2D eigenvalue weighted by molar-refractivity contribution is 6.06. The molecule has 1 aliphatic rings. The van der Waals surface area contributed by atoms with Crippen molar-refractivity contribution in [1.29, 1.82) is 0 Å². The summed E-state index contributed by atoms with van der Waals surface area (Å²) in [6, 6.07) is 12.1. The number of urea groups is 1. The van der Waals surface area contributed by atoms with E-state index in [1.54, 1.807) is 18.2 Å². The van der Waals surface area contributed by atoms with Crippen LogP contribution >= 0.6 is 0 Å². The lowest BCUT2D eigenvalue weighted by Crippen LogP contribution is -2.44. The number of nitrogens with one attached hydrogen (secondary N) is 2. The van der Waals surface area contributed by atoms with Crippen molar-refractivity contribution in [2.75, 3.05) is 0 Å². The van der Waals surface area contributed by atoms with Gasteiger partial charge >= 0.3 is 6.03 Å². The van der Waals surface area contributed by atoms with Crippen molar-refractivity contribution in [1.82, 2.24) is 10.6 Å². The minimum Gasteiger partial charge on any atom is -0.504 e. The first-order valence-electron chi connectivity index (χ1n) is 7.37. The molecule has 0 saturated carbocycles. The molecule has 2 aromatic carbocycles. The van der Waals surface area contributed by atoms with Crippen LogP contribution in [-0.2, 0) is 4.79 Å². The van der Waals surface area contributed by atoms with Gasteiger partial charge in [0.2, 0.25) is 0 Å². The molecule has 0 spiro atoms. The van der Waals surface area contributed by atoms with Crippen molar-refractivity contribution in [2.24, 2.45) is 0 Å². The third-order valence-corrected chi connectivity index (χ3v) is 3.85. The molecule has 0 bridgehead atoms. The van der Waals surface area contributed by atoms with Gasteiger partial charge in [-0.1, -0.05) is 36.4 Å². The first kappa shape index (κ1) is 15.6. The molecule has 4 N–H and O–H groups in total. The second-order valence-electron chi connectivity index (χ2n) is 5.49. The summed E-state index contributed by atoms with van der Waals surface area (Å²) in [5, 5.41) is 24.6. The highest BCUT2D eigenvalue weighted by atomic mass is 16.3. The zero-order chi connectivity index (χ0) is 17.3. The van der Waals surface area contributed by atoms with E-state index in [1.165, 1.54) is 19.1 Å². The predicted molar refractivity (Wildman–Crippen MR) is 88.2 cm³/mol. The van der Waals surface area contributed by atoms with Crippen LogP contribution in [0.15, 0.2) is 54.1 Å². The molecule has 0 saturated heterocycles. The Balaban J connectivity index is 2.18. The molecule has 0 aliphatic carbocycles. The SMILES string of the molecule is CC(=O)C1=C(c2ccccc2)NC(=O)N[C@H]1c1ccc(O)c(O)c1. The van der Waals surface area contributed by atoms with Crippen molar-refractivity contribution in [3.05, 3.63) is 65.2 Å². The van der Waals surface area contributed by atoms with E-state index in [0.717, 1.165) is 0 Å². The summed E-state index contributed by atoms with van der Waals surface area (Å²) >= 11 is 0. The van der Waals surface area contributed by atoms with Gasteiger partial charge in [0.1, 0.15) is 0 Å². The van der Waals surface area contributed by atoms with Gasteiger partial charge in [-0.25, -0.2) is 4.79 Å². The monoisotopic (exact) mass is 324 g/mol. The maximum atomic E-state index is 12.3. The number of carbonyl (C=O) groups is 2. The Morgan fingerprint density at radius 2 is 1.75 bits per heavy atom. The number of aromatic hydroxyl groups is 2. The number of carbonyl (C=O) groups excluding carboxylic acids is 2.